The Morgan fingerprint density at radius 2 is 1.79 bits per heavy atom. The molecule has 24 heavy (non-hydrogen) atoms. The van der Waals surface area contributed by atoms with Crippen molar-refractivity contribution in [3.05, 3.63) is 29.8 Å². The number of ether oxygens (including phenoxy) is 3. The van der Waals surface area contributed by atoms with Gasteiger partial charge in [0, 0.05) is 19.5 Å². The van der Waals surface area contributed by atoms with Gasteiger partial charge in [0.15, 0.2) is 0 Å². The number of esters is 2. The van der Waals surface area contributed by atoms with Crippen LogP contribution in [0.1, 0.15) is 16.8 Å². The van der Waals surface area contributed by atoms with Gasteiger partial charge in [0.1, 0.15) is 0 Å². The van der Waals surface area contributed by atoms with Gasteiger partial charge in [0.25, 0.3) is 0 Å². The lowest BCUT2D eigenvalue weighted by Crippen LogP contribution is -2.40. The fourth-order valence-electron chi connectivity index (χ4n) is 2.48. The van der Waals surface area contributed by atoms with Gasteiger partial charge in [-0.25, -0.2) is 18.0 Å². The van der Waals surface area contributed by atoms with Crippen molar-refractivity contribution >= 4 is 22.0 Å². The lowest BCUT2D eigenvalue weighted by molar-refractivity contribution is -0.145. The minimum atomic E-state index is -3.61. The maximum atomic E-state index is 12.5. The number of carbonyl (C=O) groups is 2. The second-order valence-electron chi connectivity index (χ2n) is 5.39. The molecular formula is C15H17NO7S. The number of cyclic esters (lactones) is 1. The molecule has 3 rings (SSSR count). The predicted octanol–water partition coefficient (Wildman–Crippen LogP) is 0.180. The standard InChI is InChI=1S/C15H17NO7S/c17-14(23-13-5-8-22-15(13)18)11-1-3-12(4-2-11)24(19,20)16-6-9-21-10-7-16/h1-4,13H,5-10H2/t13-/m1/s1. The van der Waals surface area contributed by atoms with E-state index in [0.717, 1.165) is 0 Å². The summed E-state index contributed by atoms with van der Waals surface area (Å²) in [5.41, 5.74) is 0.177. The second-order valence-corrected chi connectivity index (χ2v) is 7.33. The largest absolute Gasteiger partial charge is 0.463 e. The van der Waals surface area contributed by atoms with Gasteiger partial charge >= 0.3 is 11.9 Å². The molecule has 0 saturated carbocycles. The Morgan fingerprint density at radius 1 is 1.12 bits per heavy atom. The molecule has 0 radical (unpaired) electrons. The molecule has 0 N–H and O–H groups in total. The number of carbonyl (C=O) groups excluding carboxylic acids is 2. The van der Waals surface area contributed by atoms with Gasteiger partial charge < -0.3 is 14.2 Å². The summed E-state index contributed by atoms with van der Waals surface area (Å²) in [4.78, 5) is 23.4. The van der Waals surface area contributed by atoms with E-state index >= 15 is 0 Å². The van der Waals surface area contributed by atoms with Crippen molar-refractivity contribution in [1.29, 1.82) is 0 Å². The quantitative estimate of drug-likeness (QED) is 0.710. The van der Waals surface area contributed by atoms with E-state index < -0.39 is 28.1 Å². The summed E-state index contributed by atoms with van der Waals surface area (Å²) in [7, 11) is -3.61. The summed E-state index contributed by atoms with van der Waals surface area (Å²) in [6, 6.07) is 5.45. The maximum Gasteiger partial charge on any atom is 0.347 e. The summed E-state index contributed by atoms with van der Waals surface area (Å²) >= 11 is 0. The van der Waals surface area contributed by atoms with Gasteiger partial charge in [0.2, 0.25) is 16.1 Å². The molecule has 0 aromatic heterocycles. The van der Waals surface area contributed by atoms with Gasteiger partial charge in [-0.1, -0.05) is 0 Å². The molecule has 2 heterocycles. The first-order chi connectivity index (χ1) is 11.5. The maximum absolute atomic E-state index is 12.5. The van der Waals surface area contributed by atoms with Crippen LogP contribution in [0.25, 0.3) is 0 Å². The van der Waals surface area contributed by atoms with E-state index in [9.17, 15) is 18.0 Å². The minimum absolute atomic E-state index is 0.0984. The van der Waals surface area contributed by atoms with Crippen LogP contribution in [0.15, 0.2) is 29.2 Å². The second kappa shape index (κ2) is 6.88. The van der Waals surface area contributed by atoms with Crippen LogP contribution >= 0.6 is 0 Å². The molecule has 0 amide bonds. The zero-order valence-corrected chi connectivity index (χ0v) is 13.7. The molecule has 130 valence electrons. The van der Waals surface area contributed by atoms with Crippen molar-refractivity contribution in [2.45, 2.75) is 17.4 Å². The average molecular weight is 355 g/mol. The number of sulfonamides is 1. The van der Waals surface area contributed by atoms with Crippen molar-refractivity contribution in [3.8, 4) is 0 Å². The highest BCUT2D eigenvalue weighted by atomic mass is 32.2. The highest BCUT2D eigenvalue weighted by Crippen LogP contribution is 2.19. The zero-order chi connectivity index (χ0) is 17.2. The summed E-state index contributed by atoms with van der Waals surface area (Å²) in [5, 5.41) is 0. The van der Waals surface area contributed by atoms with E-state index in [1.165, 1.54) is 28.6 Å². The molecule has 0 aliphatic carbocycles. The van der Waals surface area contributed by atoms with E-state index in [2.05, 4.69) is 0 Å². The summed E-state index contributed by atoms with van der Waals surface area (Å²) in [6.07, 6.45) is -0.567. The van der Waals surface area contributed by atoms with Crippen LogP contribution in [-0.4, -0.2) is 63.7 Å². The monoisotopic (exact) mass is 355 g/mol. The number of hydrogen-bond donors (Lipinski definition) is 0. The molecule has 0 spiro atoms. The highest BCUT2D eigenvalue weighted by molar-refractivity contribution is 7.89. The van der Waals surface area contributed by atoms with Gasteiger partial charge in [-0.3, -0.25) is 0 Å². The van der Waals surface area contributed by atoms with Crippen LogP contribution < -0.4 is 0 Å². The van der Waals surface area contributed by atoms with Crippen LogP contribution in [0, 0.1) is 0 Å². The third-order valence-corrected chi connectivity index (χ3v) is 5.75. The molecule has 0 bridgehead atoms. The van der Waals surface area contributed by atoms with Crippen LogP contribution in [-0.2, 0) is 29.0 Å². The van der Waals surface area contributed by atoms with Crippen molar-refractivity contribution in [3.63, 3.8) is 0 Å². The number of hydrogen-bond acceptors (Lipinski definition) is 7. The van der Waals surface area contributed by atoms with E-state index in [-0.39, 0.29) is 17.1 Å². The van der Waals surface area contributed by atoms with E-state index in [4.69, 9.17) is 14.2 Å². The third kappa shape index (κ3) is 3.42. The Bertz CT molecular complexity index is 723. The Morgan fingerprint density at radius 3 is 2.38 bits per heavy atom. The molecular weight excluding hydrogens is 338 g/mol. The molecule has 8 nitrogen and oxygen atoms in total. The molecule has 9 heteroatoms. The van der Waals surface area contributed by atoms with E-state index in [0.29, 0.717) is 32.7 Å². The molecule has 2 saturated heterocycles. The fraction of sp³-hybridized carbons (Fsp3) is 0.467. The lowest BCUT2D eigenvalue weighted by atomic mass is 10.2. The molecule has 2 aliphatic rings. The summed E-state index contributed by atoms with van der Waals surface area (Å²) in [5.74, 6) is -1.25. The number of morpholine rings is 1. The highest BCUT2D eigenvalue weighted by Gasteiger charge is 2.31. The van der Waals surface area contributed by atoms with E-state index in [1.807, 2.05) is 0 Å². The Balaban J connectivity index is 1.70. The van der Waals surface area contributed by atoms with Gasteiger partial charge in [-0.15, -0.1) is 0 Å². The van der Waals surface area contributed by atoms with Crippen LogP contribution in [0.3, 0.4) is 0 Å². The zero-order valence-electron chi connectivity index (χ0n) is 12.8. The lowest BCUT2D eigenvalue weighted by Gasteiger charge is -2.26. The Labute approximate surface area is 139 Å². The normalized spacial score (nSPS) is 22.2. The molecule has 2 fully saturated rings. The molecule has 0 unspecified atom stereocenters. The first kappa shape index (κ1) is 16.9. The Hall–Kier alpha value is -1.97. The average Bonchev–Trinajstić information content (AvgIpc) is 3.00. The SMILES string of the molecule is O=C(O[C@@H]1CCOC1=O)c1ccc(S(=O)(=O)N2CCOCC2)cc1. The van der Waals surface area contributed by atoms with Gasteiger partial charge in [-0.05, 0) is 24.3 Å². The first-order valence-electron chi connectivity index (χ1n) is 7.54. The van der Waals surface area contributed by atoms with Crippen molar-refractivity contribution < 1.29 is 32.2 Å². The van der Waals surface area contributed by atoms with Gasteiger partial charge in [-0.2, -0.15) is 4.31 Å². The topological polar surface area (TPSA) is 99.2 Å². The molecule has 1 aromatic rings. The number of benzene rings is 1. The van der Waals surface area contributed by atoms with Crippen molar-refractivity contribution in [2.75, 3.05) is 32.9 Å². The first-order valence-corrected chi connectivity index (χ1v) is 8.98. The van der Waals surface area contributed by atoms with Crippen LogP contribution in [0.2, 0.25) is 0 Å². The molecule has 1 aromatic carbocycles. The fourth-order valence-corrected chi connectivity index (χ4v) is 3.89. The summed E-state index contributed by atoms with van der Waals surface area (Å²) in [6.45, 7) is 1.56. The number of rotatable bonds is 4. The van der Waals surface area contributed by atoms with Crippen LogP contribution in [0.5, 0.6) is 0 Å². The third-order valence-electron chi connectivity index (χ3n) is 3.83. The van der Waals surface area contributed by atoms with Crippen LogP contribution in [0.4, 0.5) is 0 Å². The number of nitrogens with zero attached hydrogens (tertiary/aromatic N) is 1. The predicted molar refractivity (Wildman–Crippen MR) is 80.8 cm³/mol. The van der Waals surface area contributed by atoms with Gasteiger partial charge in [0.05, 0.1) is 30.3 Å². The molecule has 2 aliphatic heterocycles. The summed E-state index contributed by atoms with van der Waals surface area (Å²) < 4.78 is 41.2. The van der Waals surface area contributed by atoms with Crippen molar-refractivity contribution in [2.24, 2.45) is 0 Å². The van der Waals surface area contributed by atoms with E-state index in [1.54, 1.807) is 0 Å². The van der Waals surface area contributed by atoms with Crippen molar-refractivity contribution in [1.82, 2.24) is 4.31 Å². The minimum Gasteiger partial charge on any atom is -0.463 e. The molecule has 1 atom stereocenters. The Kier molecular flexibility index (Phi) is 4.83. The smallest absolute Gasteiger partial charge is 0.347 e.